The predicted octanol–water partition coefficient (Wildman–Crippen LogP) is 1.57. The molecule has 1 atom stereocenters. The standard InChI is InChI=1S/C21H22FN5O4/c1-24-13-23-11-16(24)10-17-20(29)25(7-5-14-3-2-4-15(22)9-14)12-18-26(21(30)31)8-6-19(28)27(17)18/h2-4,9,11-13,17H,5-8,10H2,1H3,(H,30,31)/t17-/m0/s1. The van der Waals surface area contributed by atoms with Crippen molar-refractivity contribution in [2.45, 2.75) is 25.3 Å². The lowest BCUT2D eigenvalue weighted by Gasteiger charge is -2.45. The van der Waals surface area contributed by atoms with Gasteiger partial charge in [-0.15, -0.1) is 0 Å². The molecule has 1 N–H and O–H groups in total. The number of fused-ring (bicyclic) bond motifs is 1. The minimum Gasteiger partial charge on any atom is -0.465 e. The number of amides is 3. The lowest BCUT2D eigenvalue weighted by Crippen LogP contribution is -2.60. The molecule has 1 aromatic heterocycles. The van der Waals surface area contributed by atoms with Gasteiger partial charge < -0.3 is 14.6 Å². The van der Waals surface area contributed by atoms with Crippen LogP contribution in [0.5, 0.6) is 0 Å². The Bertz CT molecular complexity index is 1070. The highest BCUT2D eigenvalue weighted by atomic mass is 19.1. The number of halogens is 1. The quantitative estimate of drug-likeness (QED) is 0.781. The molecular formula is C21H22FN5O4. The first kappa shape index (κ1) is 20.6. The molecule has 1 fully saturated rings. The molecule has 0 unspecified atom stereocenters. The van der Waals surface area contributed by atoms with Gasteiger partial charge in [0.1, 0.15) is 17.7 Å². The molecule has 0 radical (unpaired) electrons. The highest BCUT2D eigenvalue weighted by Gasteiger charge is 2.44. The summed E-state index contributed by atoms with van der Waals surface area (Å²) in [6.45, 7) is 0.254. The van der Waals surface area contributed by atoms with Crippen molar-refractivity contribution in [2.24, 2.45) is 7.05 Å². The van der Waals surface area contributed by atoms with Gasteiger partial charge in [0, 0.05) is 51.1 Å². The molecule has 3 amide bonds. The third-order valence-corrected chi connectivity index (χ3v) is 5.57. The fourth-order valence-electron chi connectivity index (χ4n) is 3.94. The van der Waals surface area contributed by atoms with Gasteiger partial charge in [-0.05, 0) is 24.1 Å². The summed E-state index contributed by atoms with van der Waals surface area (Å²) in [5, 5.41) is 9.63. The van der Waals surface area contributed by atoms with E-state index in [-0.39, 0.29) is 49.4 Å². The van der Waals surface area contributed by atoms with Crippen molar-refractivity contribution >= 4 is 17.9 Å². The van der Waals surface area contributed by atoms with E-state index in [1.165, 1.54) is 28.1 Å². The third-order valence-electron chi connectivity index (χ3n) is 5.57. The van der Waals surface area contributed by atoms with Crippen molar-refractivity contribution < 1.29 is 23.9 Å². The highest BCUT2D eigenvalue weighted by molar-refractivity contribution is 5.93. The molecule has 10 heteroatoms. The first-order chi connectivity index (χ1) is 14.8. The molecule has 2 aromatic rings. The lowest BCUT2D eigenvalue weighted by molar-refractivity contribution is -0.148. The molecular weight excluding hydrogens is 405 g/mol. The van der Waals surface area contributed by atoms with Gasteiger partial charge in [-0.25, -0.2) is 14.2 Å². The number of carbonyl (C=O) groups is 3. The molecule has 3 heterocycles. The molecule has 0 bridgehead atoms. The van der Waals surface area contributed by atoms with Crippen molar-refractivity contribution in [3.05, 3.63) is 65.9 Å². The average Bonchev–Trinajstić information content (AvgIpc) is 3.13. The Morgan fingerprint density at radius 1 is 1.32 bits per heavy atom. The van der Waals surface area contributed by atoms with E-state index in [9.17, 15) is 23.9 Å². The van der Waals surface area contributed by atoms with Gasteiger partial charge in [-0.2, -0.15) is 0 Å². The van der Waals surface area contributed by atoms with Crippen molar-refractivity contribution in [3.8, 4) is 0 Å². The average molecular weight is 427 g/mol. The van der Waals surface area contributed by atoms with Crippen LogP contribution < -0.4 is 0 Å². The monoisotopic (exact) mass is 427 g/mol. The van der Waals surface area contributed by atoms with Crippen molar-refractivity contribution in [3.63, 3.8) is 0 Å². The van der Waals surface area contributed by atoms with Gasteiger partial charge in [0.25, 0.3) is 0 Å². The maximum Gasteiger partial charge on any atom is 0.413 e. The minimum atomic E-state index is -1.19. The lowest BCUT2D eigenvalue weighted by atomic mass is 10.0. The second-order valence-corrected chi connectivity index (χ2v) is 7.56. The van der Waals surface area contributed by atoms with Crippen LogP contribution in [0.15, 0.2) is 48.8 Å². The van der Waals surface area contributed by atoms with E-state index in [1.54, 1.807) is 36.3 Å². The number of aromatic nitrogens is 2. The van der Waals surface area contributed by atoms with Crippen LogP contribution in [0.25, 0.3) is 0 Å². The summed E-state index contributed by atoms with van der Waals surface area (Å²) in [4.78, 5) is 45.7. The summed E-state index contributed by atoms with van der Waals surface area (Å²) in [6.07, 6.45) is 4.01. The van der Waals surface area contributed by atoms with Gasteiger partial charge in [-0.3, -0.25) is 19.4 Å². The molecule has 4 rings (SSSR count). The Hall–Kier alpha value is -3.69. The van der Waals surface area contributed by atoms with E-state index in [0.29, 0.717) is 12.0 Å². The highest BCUT2D eigenvalue weighted by Crippen LogP contribution is 2.29. The van der Waals surface area contributed by atoms with Gasteiger partial charge >= 0.3 is 6.09 Å². The Morgan fingerprint density at radius 2 is 2.13 bits per heavy atom. The summed E-state index contributed by atoms with van der Waals surface area (Å²) in [7, 11) is 1.79. The molecule has 0 aliphatic carbocycles. The molecule has 31 heavy (non-hydrogen) atoms. The largest absolute Gasteiger partial charge is 0.465 e. The van der Waals surface area contributed by atoms with Crippen LogP contribution in [0.2, 0.25) is 0 Å². The van der Waals surface area contributed by atoms with E-state index >= 15 is 0 Å². The van der Waals surface area contributed by atoms with Crippen molar-refractivity contribution in [1.29, 1.82) is 0 Å². The Morgan fingerprint density at radius 3 is 2.81 bits per heavy atom. The molecule has 2 aliphatic heterocycles. The van der Waals surface area contributed by atoms with Crippen molar-refractivity contribution in [2.75, 3.05) is 13.1 Å². The van der Waals surface area contributed by atoms with Crippen LogP contribution in [-0.4, -0.2) is 66.4 Å². The second kappa shape index (κ2) is 8.21. The fourth-order valence-corrected chi connectivity index (χ4v) is 3.94. The summed E-state index contributed by atoms with van der Waals surface area (Å²) < 4.78 is 15.3. The van der Waals surface area contributed by atoms with E-state index in [0.717, 1.165) is 10.6 Å². The number of benzene rings is 1. The van der Waals surface area contributed by atoms with E-state index in [4.69, 9.17) is 0 Å². The number of rotatable bonds is 5. The van der Waals surface area contributed by atoms with E-state index in [2.05, 4.69) is 4.98 Å². The normalized spacial score (nSPS) is 18.8. The fraction of sp³-hybridized carbons (Fsp3) is 0.333. The number of carboxylic acid groups (broad SMARTS) is 1. The Labute approximate surface area is 178 Å². The minimum absolute atomic E-state index is 0.00208. The maximum atomic E-state index is 13.5. The van der Waals surface area contributed by atoms with E-state index in [1.807, 2.05) is 0 Å². The van der Waals surface area contributed by atoms with Crippen LogP contribution in [0.1, 0.15) is 17.7 Å². The molecule has 9 nitrogen and oxygen atoms in total. The Kier molecular flexibility index (Phi) is 5.45. The van der Waals surface area contributed by atoms with Gasteiger partial charge in [-0.1, -0.05) is 12.1 Å². The van der Waals surface area contributed by atoms with Crippen LogP contribution >= 0.6 is 0 Å². The van der Waals surface area contributed by atoms with Crippen molar-refractivity contribution in [1.82, 2.24) is 24.3 Å². The maximum absolute atomic E-state index is 13.5. The second-order valence-electron chi connectivity index (χ2n) is 7.56. The van der Waals surface area contributed by atoms with Crippen LogP contribution in [0.3, 0.4) is 0 Å². The zero-order valence-electron chi connectivity index (χ0n) is 16.9. The summed E-state index contributed by atoms with van der Waals surface area (Å²) in [6, 6.07) is 5.21. The number of aryl methyl sites for hydroxylation is 1. The molecule has 0 spiro atoms. The molecule has 1 saturated heterocycles. The summed E-state index contributed by atoms with van der Waals surface area (Å²) in [5.41, 5.74) is 1.46. The Balaban J connectivity index is 1.67. The first-order valence-electron chi connectivity index (χ1n) is 9.89. The molecule has 0 saturated carbocycles. The predicted molar refractivity (Wildman–Crippen MR) is 107 cm³/mol. The van der Waals surface area contributed by atoms with Gasteiger partial charge in [0.05, 0.1) is 6.33 Å². The van der Waals surface area contributed by atoms with Crippen LogP contribution in [0.4, 0.5) is 9.18 Å². The smallest absolute Gasteiger partial charge is 0.413 e. The summed E-state index contributed by atoms with van der Waals surface area (Å²) in [5.74, 6) is -0.818. The van der Waals surface area contributed by atoms with Gasteiger partial charge in [0.15, 0.2) is 0 Å². The van der Waals surface area contributed by atoms with Crippen LogP contribution in [0, 0.1) is 5.82 Å². The molecule has 162 valence electrons. The summed E-state index contributed by atoms with van der Waals surface area (Å²) >= 11 is 0. The van der Waals surface area contributed by atoms with Crippen LogP contribution in [-0.2, 0) is 29.5 Å². The molecule has 2 aliphatic rings. The third kappa shape index (κ3) is 4.00. The number of nitrogens with zero attached hydrogens (tertiary/aromatic N) is 5. The first-order valence-corrected chi connectivity index (χ1v) is 9.89. The number of hydrogen-bond acceptors (Lipinski definition) is 4. The van der Waals surface area contributed by atoms with E-state index < -0.39 is 12.1 Å². The topological polar surface area (TPSA) is 99.0 Å². The number of hydrogen-bond donors (Lipinski definition) is 1. The zero-order chi connectivity index (χ0) is 22.1. The molecule has 1 aromatic carbocycles. The SMILES string of the molecule is Cn1cncc1C[C@H]1C(=O)N(CCc2cccc(F)c2)C=C2N(C(=O)O)CCC(=O)N21. The van der Waals surface area contributed by atoms with Gasteiger partial charge in [0.2, 0.25) is 11.8 Å². The number of carbonyl (C=O) groups excluding carboxylic acids is 2. The number of imidazole rings is 1. The zero-order valence-corrected chi connectivity index (χ0v) is 16.9.